The molecule has 0 fully saturated rings. The highest BCUT2D eigenvalue weighted by atomic mass is 19.1. The smallest absolute Gasteiger partial charge is 0.254 e. The van der Waals surface area contributed by atoms with Crippen molar-refractivity contribution in [1.82, 2.24) is 19.7 Å². The molecule has 7 heteroatoms. The maximum atomic E-state index is 13.2. The predicted octanol–water partition coefficient (Wildman–Crippen LogP) is 4.82. The highest BCUT2D eigenvalue weighted by Crippen LogP contribution is 2.25. The molecule has 0 aliphatic heterocycles. The van der Waals surface area contributed by atoms with E-state index in [1.165, 1.54) is 12.1 Å². The van der Waals surface area contributed by atoms with Crippen LogP contribution in [-0.2, 0) is 0 Å². The Kier molecular flexibility index (Phi) is 6.70. The van der Waals surface area contributed by atoms with Crippen molar-refractivity contribution in [2.75, 3.05) is 20.2 Å². The number of halogens is 1. The molecule has 3 rings (SSSR count). The van der Waals surface area contributed by atoms with Gasteiger partial charge in [0.25, 0.3) is 5.91 Å². The number of pyridine rings is 1. The molecule has 0 atom stereocenters. The number of amides is 1. The van der Waals surface area contributed by atoms with Gasteiger partial charge in [0.2, 0.25) is 0 Å². The molecule has 0 spiro atoms. The number of nitrogens with zero attached hydrogens (tertiary/aromatic N) is 4. The van der Waals surface area contributed by atoms with Gasteiger partial charge in [-0.05, 0) is 56.5 Å². The van der Waals surface area contributed by atoms with Crippen LogP contribution in [0.25, 0.3) is 11.0 Å². The van der Waals surface area contributed by atoms with Crippen LogP contribution in [0.3, 0.4) is 0 Å². The average molecular weight is 413 g/mol. The molecule has 30 heavy (non-hydrogen) atoms. The summed E-state index contributed by atoms with van der Waals surface area (Å²) >= 11 is 0. The molecule has 0 aliphatic carbocycles. The van der Waals surface area contributed by atoms with E-state index in [0.29, 0.717) is 30.9 Å². The molecular formula is C23H29FN4O2. The van der Waals surface area contributed by atoms with Gasteiger partial charge in [-0.15, -0.1) is 0 Å². The van der Waals surface area contributed by atoms with E-state index in [1.54, 1.807) is 30.3 Å². The van der Waals surface area contributed by atoms with E-state index in [-0.39, 0.29) is 23.7 Å². The lowest BCUT2D eigenvalue weighted by Crippen LogP contribution is -2.29. The minimum Gasteiger partial charge on any atom is -0.494 e. The van der Waals surface area contributed by atoms with E-state index in [2.05, 4.69) is 18.9 Å². The van der Waals surface area contributed by atoms with Gasteiger partial charge in [0.15, 0.2) is 5.65 Å². The fraction of sp³-hybridized carbons (Fsp3) is 0.435. The van der Waals surface area contributed by atoms with Crippen LogP contribution in [0.4, 0.5) is 4.39 Å². The lowest BCUT2D eigenvalue weighted by atomic mass is 10.0. The Morgan fingerprint density at radius 1 is 1.20 bits per heavy atom. The van der Waals surface area contributed by atoms with Gasteiger partial charge >= 0.3 is 0 Å². The van der Waals surface area contributed by atoms with Crippen LogP contribution in [0.5, 0.6) is 5.75 Å². The number of hydrogen-bond acceptors (Lipinski definition) is 4. The van der Waals surface area contributed by atoms with Crippen LogP contribution in [0.2, 0.25) is 0 Å². The molecule has 2 aromatic heterocycles. The summed E-state index contributed by atoms with van der Waals surface area (Å²) in [5, 5.41) is 5.22. The molecule has 0 saturated heterocycles. The zero-order valence-electron chi connectivity index (χ0n) is 18.2. The summed E-state index contributed by atoms with van der Waals surface area (Å²) in [5.41, 5.74) is 2.24. The fourth-order valence-electron chi connectivity index (χ4n) is 3.22. The van der Waals surface area contributed by atoms with Gasteiger partial charge in [0.1, 0.15) is 11.6 Å². The number of aromatic nitrogens is 3. The van der Waals surface area contributed by atoms with E-state index in [9.17, 15) is 9.18 Å². The van der Waals surface area contributed by atoms with E-state index in [0.717, 1.165) is 16.7 Å². The number of rotatable bonds is 8. The van der Waals surface area contributed by atoms with E-state index in [1.807, 2.05) is 24.6 Å². The molecule has 6 nitrogen and oxygen atoms in total. The van der Waals surface area contributed by atoms with Crippen LogP contribution in [0.15, 0.2) is 36.5 Å². The number of ether oxygens (including phenoxy) is 1. The third-order valence-electron chi connectivity index (χ3n) is 4.96. The molecule has 3 aromatic rings. The molecule has 0 aliphatic rings. The van der Waals surface area contributed by atoms with Crippen LogP contribution >= 0.6 is 0 Å². The van der Waals surface area contributed by atoms with Crippen LogP contribution < -0.4 is 4.74 Å². The Morgan fingerprint density at radius 2 is 1.90 bits per heavy atom. The van der Waals surface area contributed by atoms with Gasteiger partial charge < -0.3 is 9.64 Å². The third-order valence-corrected chi connectivity index (χ3v) is 4.96. The lowest BCUT2D eigenvalue weighted by molar-refractivity contribution is 0.0789. The summed E-state index contributed by atoms with van der Waals surface area (Å²) in [6.07, 6.45) is 2.39. The van der Waals surface area contributed by atoms with Crippen molar-refractivity contribution in [3.63, 3.8) is 0 Å². The summed E-state index contributed by atoms with van der Waals surface area (Å²) in [4.78, 5) is 19.6. The molecule has 0 N–H and O–H groups in total. The van der Waals surface area contributed by atoms with Crippen LogP contribution in [0.1, 0.15) is 62.1 Å². The Labute approximate surface area is 176 Å². The van der Waals surface area contributed by atoms with E-state index < -0.39 is 0 Å². The van der Waals surface area contributed by atoms with Gasteiger partial charge in [0, 0.05) is 25.3 Å². The Hall–Kier alpha value is -2.96. The highest BCUT2D eigenvalue weighted by molar-refractivity contribution is 6.05. The molecule has 0 saturated carbocycles. The summed E-state index contributed by atoms with van der Waals surface area (Å²) in [6.45, 7) is 9.20. The molecule has 1 amide bonds. The topological polar surface area (TPSA) is 60.3 Å². The highest BCUT2D eigenvalue weighted by Gasteiger charge is 2.21. The minimum atomic E-state index is -0.294. The summed E-state index contributed by atoms with van der Waals surface area (Å²) < 4.78 is 20.4. The van der Waals surface area contributed by atoms with E-state index in [4.69, 9.17) is 9.72 Å². The standard InChI is InChI=1S/C23H29FN4O2/c1-15(2)21-13-19(20-14-25-28(16(3)4)22(20)26-21)23(29)27(5)11-6-12-30-18-9-7-17(24)8-10-18/h7-10,13-16H,6,11-12H2,1-5H3. The van der Waals surface area contributed by atoms with Crippen molar-refractivity contribution >= 4 is 16.9 Å². The molecule has 2 heterocycles. The van der Waals surface area contributed by atoms with Gasteiger partial charge in [-0.25, -0.2) is 14.1 Å². The first kappa shape index (κ1) is 21.7. The quantitative estimate of drug-likeness (QED) is 0.498. The maximum absolute atomic E-state index is 13.2. The minimum absolute atomic E-state index is 0.0608. The van der Waals surface area contributed by atoms with E-state index >= 15 is 0 Å². The molecule has 0 bridgehead atoms. The zero-order valence-corrected chi connectivity index (χ0v) is 18.2. The summed E-state index contributed by atoms with van der Waals surface area (Å²) in [6, 6.07) is 7.96. The monoisotopic (exact) mass is 412 g/mol. The fourth-order valence-corrected chi connectivity index (χ4v) is 3.22. The van der Waals surface area contributed by atoms with Gasteiger partial charge in [-0.1, -0.05) is 13.8 Å². The van der Waals surface area contributed by atoms with Crippen LogP contribution in [0, 0.1) is 5.82 Å². The van der Waals surface area contributed by atoms with Crippen molar-refractivity contribution in [2.24, 2.45) is 0 Å². The van der Waals surface area contributed by atoms with Gasteiger partial charge in [0.05, 0.1) is 23.8 Å². The third kappa shape index (κ3) is 4.78. The predicted molar refractivity (Wildman–Crippen MR) is 115 cm³/mol. The molecule has 0 radical (unpaired) electrons. The number of carbonyl (C=O) groups is 1. The second kappa shape index (κ2) is 9.24. The Morgan fingerprint density at radius 3 is 2.53 bits per heavy atom. The second-order valence-corrected chi connectivity index (χ2v) is 8.05. The van der Waals surface area contributed by atoms with Gasteiger partial charge in [-0.2, -0.15) is 5.10 Å². The SMILES string of the molecule is CC(C)c1cc(C(=O)N(C)CCCOc2ccc(F)cc2)c2cnn(C(C)C)c2n1. The van der Waals surface area contributed by atoms with Crippen molar-refractivity contribution in [1.29, 1.82) is 0 Å². The normalized spacial score (nSPS) is 11.5. The van der Waals surface area contributed by atoms with Gasteiger partial charge in [-0.3, -0.25) is 4.79 Å². The first-order chi connectivity index (χ1) is 14.3. The van der Waals surface area contributed by atoms with Crippen molar-refractivity contribution < 1.29 is 13.9 Å². The summed E-state index contributed by atoms with van der Waals surface area (Å²) in [5.74, 6) is 0.460. The van der Waals surface area contributed by atoms with Crippen LogP contribution in [-0.4, -0.2) is 45.8 Å². The Balaban J connectivity index is 1.72. The maximum Gasteiger partial charge on any atom is 0.254 e. The molecule has 160 valence electrons. The van der Waals surface area contributed by atoms with Crippen molar-refractivity contribution in [2.45, 2.75) is 46.1 Å². The zero-order chi connectivity index (χ0) is 21.8. The second-order valence-electron chi connectivity index (χ2n) is 8.05. The molecular weight excluding hydrogens is 383 g/mol. The summed E-state index contributed by atoms with van der Waals surface area (Å²) in [7, 11) is 1.79. The largest absolute Gasteiger partial charge is 0.494 e. The lowest BCUT2D eigenvalue weighted by Gasteiger charge is -2.19. The average Bonchev–Trinajstić information content (AvgIpc) is 3.15. The number of fused-ring (bicyclic) bond motifs is 1. The number of hydrogen-bond donors (Lipinski definition) is 0. The molecule has 1 aromatic carbocycles. The Bertz CT molecular complexity index is 1010. The van der Waals surface area contributed by atoms with Crippen molar-refractivity contribution in [3.8, 4) is 5.75 Å². The molecule has 0 unspecified atom stereocenters. The number of carbonyl (C=O) groups excluding carboxylic acids is 1. The number of benzene rings is 1. The van der Waals surface area contributed by atoms with Crippen molar-refractivity contribution in [3.05, 3.63) is 53.6 Å². The first-order valence-electron chi connectivity index (χ1n) is 10.3. The first-order valence-corrected chi connectivity index (χ1v) is 10.3.